The molecule has 2 aromatic carbocycles. The predicted octanol–water partition coefficient (Wildman–Crippen LogP) is 3.99. The fraction of sp³-hybridized carbons (Fsp3) is 0.583. The summed E-state index contributed by atoms with van der Waals surface area (Å²) < 4.78 is 33.6. The van der Waals surface area contributed by atoms with Crippen LogP contribution in [0.25, 0.3) is 10.8 Å². The molecule has 5 heteroatoms. The minimum Gasteiger partial charge on any atom is -0.744 e. The Morgan fingerprint density at radius 2 is 1.31 bits per heavy atom. The number of rotatable bonds is 14. The summed E-state index contributed by atoms with van der Waals surface area (Å²) in [5.74, 6) is 0. The monoisotopic (exact) mass is 426 g/mol. The molecule has 2 rings (SSSR count). The minimum atomic E-state index is -4.40. The molecule has 0 fully saturated rings. The molecule has 0 saturated heterocycles. The number of benzene rings is 2. The van der Waals surface area contributed by atoms with E-state index in [0.717, 1.165) is 23.6 Å². The van der Waals surface area contributed by atoms with Gasteiger partial charge in [0.15, 0.2) is 0 Å². The SMILES string of the molecule is CCCCCCCCCCCCCCc1cccc2cc(S(=O)(=O)[O-])ccc12.[Na+]. The molecule has 2 aromatic rings. The second kappa shape index (κ2) is 14.6. The molecule has 3 nitrogen and oxygen atoms in total. The first-order valence-electron chi connectivity index (χ1n) is 11.0. The average molecular weight is 427 g/mol. The van der Waals surface area contributed by atoms with E-state index in [1.165, 1.54) is 88.3 Å². The molecular weight excluding hydrogens is 391 g/mol. The van der Waals surface area contributed by atoms with Crippen molar-refractivity contribution in [3.8, 4) is 0 Å². The number of aryl methyl sites for hydroxylation is 1. The van der Waals surface area contributed by atoms with Gasteiger partial charge >= 0.3 is 29.6 Å². The van der Waals surface area contributed by atoms with Crippen molar-refractivity contribution in [2.45, 2.75) is 95.3 Å². The molecular formula is C24H35NaO3S. The number of fused-ring (bicyclic) bond motifs is 1. The van der Waals surface area contributed by atoms with Crippen molar-refractivity contribution in [3.63, 3.8) is 0 Å². The van der Waals surface area contributed by atoms with Gasteiger partial charge in [-0.25, -0.2) is 8.42 Å². The Hall–Kier alpha value is -0.390. The van der Waals surface area contributed by atoms with Crippen LogP contribution in [-0.4, -0.2) is 13.0 Å². The van der Waals surface area contributed by atoms with Crippen LogP contribution in [0.15, 0.2) is 41.3 Å². The zero-order valence-corrected chi connectivity index (χ0v) is 21.1. The van der Waals surface area contributed by atoms with E-state index in [-0.39, 0.29) is 34.5 Å². The first kappa shape index (κ1) is 26.6. The molecule has 0 aliphatic carbocycles. The summed E-state index contributed by atoms with van der Waals surface area (Å²) >= 11 is 0. The van der Waals surface area contributed by atoms with Crippen molar-refractivity contribution in [1.82, 2.24) is 0 Å². The van der Waals surface area contributed by atoms with Gasteiger partial charge in [-0.15, -0.1) is 0 Å². The van der Waals surface area contributed by atoms with Gasteiger partial charge in [0.2, 0.25) is 0 Å². The van der Waals surface area contributed by atoms with Gasteiger partial charge in [0.25, 0.3) is 0 Å². The minimum absolute atomic E-state index is 0. The number of hydrogen-bond acceptors (Lipinski definition) is 3. The van der Waals surface area contributed by atoms with Crippen molar-refractivity contribution < 1.29 is 42.5 Å². The second-order valence-electron chi connectivity index (χ2n) is 7.89. The zero-order chi connectivity index (χ0) is 20.2. The molecule has 0 aliphatic heterocycles. The molecule has 0 bridgehead atoms. The molecule has 0 radical (unpaired) electrons. The van der Waals surface area contributed by atoms with E-state index in [0.29, 0.717) is 0 Å². The normalized spacial score (nSPS) is 11.5. The van der Waals surface area contributed by atoms with Gasteiger partial charge in [0.1, 0.15) is 10.1 Å². The van der Waals surface area contributed by atoms with Crippen molar-refractivity contribution >= 4 is 20.9 Å². The summed E-state index contributed by atoms with van der Waals surface area (Å²) in [5.41, 5.74) is 1.24. The number of unbranched alkanes of at least 4 members (excludes halogenated alkanes) is 11. The molecule has 0 aromatic heterocycles. The third-order valence-electron chi connectivity index (χ3n) is 5.53. The van der Waals surface area contributed by atoms with Gasteiger partial charge in [-0.05, 0) is 41.3 Å². The van der Waals surface area contributed by atoms with Crippen molar-refractivity contribution in [2.75, 3.05) is 0 Å². The van der Waals surface area contributed by atoms with Crippen LogP contribution in [0.5, 0.6) is 0 Å². The molecule has 0 atom stereocenters. The van der Waals surface area contributed by atoms with Crippen LogP contribution in [0.3, 0.4) is 0 Å². The van der Waals surface area contributed by atoms with Crippen molar-refractivity contribution in [3.05, 3.63) is 42.0 Å². The van der Waals surface area contributed by atoms with Gasteiger partial charge in [-0.3, -0.25) is 0 Å². The van der Waals surface area contributed by atoms with Crippen molar-refractivity contribution in [2.24, 2.45) is 0 Å². The van der Waals surface area contributed by atoms with E-state index < -0.39 is 10.1 Å². The van der Waals surface area contributed by atoms with Crippen LogP contribution in [-0.2, 0) is 16.5 Å². The Morgan fingerprint density at radius 1 is 0.759 bits per heavy atom. The van der Waals surface area contributed by atoms with Gasteiger partial charge in [-0.1, -0.05) is 102 Å². The van der Waals surface area contributed by atoms with E-state index in [1.54, 1.807) is 6.07 Å². The summed E-state index contributed by atoms with van der Waals surface area (Å²) in [7, 11) is -4.40. The van der Waals surface area contributed by atoms with Crippen LogP contribution in [0, 0.1) is 0 Å². The topological polar surface area (TPSA) is 57.2 Å². The molecule has 0 N–H and O–H groups in total. The smallest absolute Gasteiger partial charge is 0.744 e. The predicted molar refractivity (Wildman–Crippen MR) is 117 cm³/mol. The van der Waals surface area contributed by atoms with E-state index in [2.05, 4.69) is 13.0 Å². The first-order valence-corrected chi connectivity index (χ1v) is 12.4. The maximum atomic E-state index is 11.2. The molecule has 0 amide bonds. The molecule has 0 unspecified atom stereocenters. The van der Waals surface area contributed by atoms with Gasteiger partial charge in [0, 0.05) is 0 Å². The quantitative estimate of drug-likeness (QED) is 0.261. The van der Waals surface area contributed by atoms with E-state index in [9.17, 15) is 13.0 Å². The molecule has 0 saturated carbocycles. The fourth-order valence-corrected chi connectivity index (χ4v) is 4.36. The summed E-state index contributed by atoms with van der Waals surface area (Å²) in [5, 5.41) is 1.88. The summed E-state index contributed by atoms with van der Waals surface area (Å²) in [6.07, 6.45) is 17.0. The summed E-state index contributed by atoms with van der Waals surface area (Å²) in [4.78, 5) is -0.150. The number of hydrogen-bond donors (Lipinski definition) is 0. The Labute approximate surface area is 199 Å². The molecule has 156 valence electrons. The zero-order valence-electron chi connectivity index (χ0n) is 18.3. The molecule has 0 aliphatic rings. The maximum absolute atomic E-state index is 11.2. The standard InChI is InChI=1S/C24H36O3S.Na/c1-2-3-4-5-6-7-8-9-10-11-12-13-15-21-16-14-17-22-20-23(28(25,26)27)18-19-24(21)22;/h14,16-20H,2-13,15H2,1H3,(H,25,26,27);/q;+1/p-1. The van der Waals surface area contributed by atoms with Crippen LogP contribution in [0.4, 0.5) is 0 Å². The van der Waals surface area contributed by atoms with Gasteiger partial charge in [0.05, 0.1) is 4.90 Å². The Morgan fingerprint density at radius 3 is 1.86 bits per heavy atom. The second-order valence-corrected chi connectivity index (χ2v) is 9.27. The molecule has 0 spiro atoms. The summed E-state index contributed by atoms with van der Waals surface area (Å²) in [6.45, 7) is 2.26. The van der Waals surface area contributed by atoms with Crippen molar-refractivity contribution in [1.29, 1.82) is 0 Å². The molecule has 0 heterocycles. The van der Waals surface area contributed by atoms with E-state index in [4.69, 9.17) is 0 Å². The fourth-order valence-electron chi connectivity index (χ4n) is 3.86. The van der Waals surface area contributed by atoms with Crippen LogP contribution in [0.2, 0.25) is 0 Å². The van der Waals surface area contributed by atoms with Gasteiger partial charge < -0.3 is 4.55 Å². The van der Waals surface area contributed by atoms with E-state index in [1.807, 2.05) is 12.1 Å². The Balaban J connectivity index is 0.00000420. The largest absolute Gasteiger partial charge is 1.00 e. The Kier molecular flexibility index (Phi) is 13.4. The third-order valence-corrected chi connectivity index (χ3v) is 6.36. The first-order chi connectivity index (χ1) is 13.5. The average Bonchev–Trinajstić information content (AvgIpc) is 2.67. The summed E-state index contributed by atoms with van der Waals surface area (Å²) in [6, 6.07) is 10.6. The maximum Gasteiger partial charge on any atom is 1.00 e. The van der Waals surface area contributed by atoms with Crippen LogP contribution < -0.4 is 29.6 Å². The molecule has 29 heavy (non-hydrogen) atoms. The third kappa shape index (κ3) is 9.97. The van der Waals surface area contributed by atoms with Crippen LogP contribution in [0.1, 0.15) is 89.5 Å². The Bertz CT molecular complexity index is 818. The van der Waals surface area contributed by atoms with Gasteiger partial charge in [-0.2, -0.15) is 0 Å². The van der Waals surface area contributed by atoms with Crippen LogP contribution >= 0.6 is 0 Å². The van der Waals surface area contributed by atoms with E-state index >= 15 is 0 Å².